The van der Waals surface area contributed by atoms with E-state index in [4.69, 9.17) is 11.0 Å². The van der Waals surface area contributed by atoms with Gasteiger partial charge in [-0.25, -0.2) is 0 Å². The van der Waals surface area contributed by atoms with Gasteiger partial charge in [0.15, 0.2) is 0 Å². The summed E-state index contributed by atoms with van der Waals surface area (Å²) in [6.07, 6.45) is 4.75. The molecule has 0 aliphatic rings. The number of hydrogen-bond donors (Lipinski definition) is 2. The molecule has 2 rings (SSSR count). The number of amides is 1. The number of nitriles is 1. The number of primary amides is 1. The highest BCUT2D eigenvalue weighted by molar-refractivity contribution is 6.02. The van der Waals surface area contributed by atoms with Crippen LogP contribution in [-0.2, 0) is 4.79 Å². The molecule has 0 radical (unpaired) electrons. The topological polar surface area (TPSA) is 95.6 Å². The van der Waals surface area contributed by atoms with E-state index in [1.54, 1.807) is 24.5 Å². The number of nitrogens with two attached hydrogens (primary N) is 1. The number of aromatic nitrogens is 2. The molecule has 2 aromatic rings. The Morgan fingerprint density at radius 1 is 1.62 bits per heavy atom. The third-order valence-electron chi connectivity index (χ3n) is 2.15. The molecule has 0 bridgehead atoms. The van der Waals surface area contributed by atoms with Gasteiger partial charge in [0.05, 0.1) is 11.0 Å². The Morgan fingerprint density at radius 3 is 3.12 bits per heavy atom. The van der Waals surface area contributed by atoms with Crippen LogP contribution in [0.15, 0.2) is 30.1 Å². The van der Waals surface area contributed by atoms with Crippen LogP contribution in [0.25, 0.3) is 17.1 Å². The SMILES string of the molecule is N#C/C(=C/c1c[nH]c2cccnc12)C(N)=O. The number of carbonyl (C=O) groups excluding carboxylic acids is 1. The van der Waals surface area contributed by atoms with E-state index >= 15 is 0 Å². The molecular formula is C11H8N4O. The van der Waals surface area contributed by atoms with E-state index in [9.17, 15) is 4.79 Å². The number of nitrogens with zero attached hydrogens (tertiary/aromatic N) is 2. The molecule has 78 valence electrons. The van der Waals surface area contributed by atoms with Gasteiger partial charge < -0.3 is 10.7 Å². The van der Waals surface area contributed by atoms with Gasteiger partial charge >= 0.3 is 0 Å². The summed E-state index contributed by atoms with van der Waals surface area (Å²) >= 11 is 0. The lowest BCUT2D eigenvalue weighted by atomic mass is 10.2. The van der Waals surface area contributed by atoms with Gasteiger partial charge in [-0.15, -0.1) is 0 Å². The fourth-order valence-corrected chi connectivity index (χ4v) is 1.40. The number of pyridine rings is 1. The van der Waals surface area contributed by atoms with Crippen molar-refractivity contribution in [2.75, 3.05) is 0 Å². The molecule has 0 aliphatic heterocycles. The minimum absolute atomic E-state index is 0.0912. The van der Waals surface area contributed by atoms with E-state index in [1.807, 2.05) is 6.07 Å². The zero-order valence-electron chi connectivity index (χ0n) is 8.27. The Balaban J connectivity index is 2.57. The third-order valence-corrected chi connectivity index (χ3v) is 2.15. The molecule has 0 atom stereocenters. The average Bonchev–Trinajstić information content (AvgIpc) is 2.69. The van der Waals surface area contributed by atoms with Crippen molar-refractivity contribution in [1.82, 2.24) is 9.97 Å². The van der Waals surface area contributed by atoms with Gasteiger partial charge in [-0.2, -0.15) is 5.26 Å². The highest BCUT2D eigenvalue weighted by Crippen LogP contribution is 2.17. The van der Waals surface area contributed by atoms with Crippen molar-refractivity contribution < 1.29 is 4.79 Å². The average molecular weight is 212 g/mol. The highest BCUT2D eigenvalue weighted by Gasteiger charge is 2.07. The number of H-pyrrole nitrogens is 1. The first-order valence-electron chi connectivity index (χ1n) is 4.56. The molecule has 0 aliphatic carbocycles. The maximum Gasteiger partial charge on any atom is 0.259 e. The summed E-state index contributed by atoms with van der Waals surface area (Å²) in [6.45, 7) is 0. The van der Waals surface area contributed by atoms with Crippen molar-refractivity contribution in [3.63, 3.8) is 0 Å². The first-order valence-corrected chi connectivity index (χ1v) is 4.56. The molecule has 0 unspecified atom stereocenters. The first-order chi connectivity index (χ1) is 7.72. The van der Waals surface area contributed by atoms with Gasteiger partial charge in [0.1, 0.15) is 11.6 Å². The number of fused-ring (bicyclic) bond motifs is 1. The van der Waals surface area contributed by atoms with Gasteiger partial charge in [-0.1, -0.05) is 0 Å². The van der Waals surface area contributed by atoms with E-state index < -0.39 is 5.91 Å². The lowest BCUT2D eigenvalue weighted by Gasteiger charge is -1.91. The summed E-state index contributed by atoms with van der Waals surface area (Å²) in [7, 11) is 0. The Labute approximate surface area is 91.2 Å². The van der Waals surface area contributed by atoms with Crippen molar-refractivity contribution in [1.29, 1.82) is 5.26 Å². The summed E-state index contributed by atoms with van der Waals surface area (Å²) in [5, 5.41) is 8.72. The molecule has 5 nitrogen and oxygen atoms in total. The van der Waals surface area contributed by atoms with Crippen molar-refractivity contribution >= 4 is 23.0 Å². The lowest BCUT2D eigenvalue weighted by Crippen LogP contribution is -2.12. The number of hydrogen-bond acceptors (Lipinski definition) is 3. The zero-order valence-corrected chi connectivity index (χ0v) is 8.27. The smallest absolute Gasteiger partial charge is 0.259 e. The second-order valence-electron chi connectivity index (χ2n) is 3.18. The van der Waals surface area contributed by atoms with Crippen molar-refractivity contribution in [3.8, 4) is 6.07 Å². The number of carbonyl (C=O) groups is 1. The normalized spacial score (nSPS) is 11.3. The van der Waals surface area contributed by atoms with Crippen LogP contribution in [-0.4, -0.2) is 15.9 Å². The molecule has 0 saturated carbocycles. The molecule has 2 heterocycles. The lowest BCUT2D eigenvalue weighted by molar-refractivity contribution is -0.114. The van der Waals surface area contributed by atoms with E-state index in [-0.39, 0.29) is 5.57 Å². The van der Waals surface area contributed by atoms with Crippen LogP contribution in [0, 0.1) is 11.3 Å². The summed E-state index contributed by atoms with van der Waals surface area (Å²) in [4.78, 5) is 18.0. The van der Waals surface area contributed by atoms with Crippen molar-refractivity contribution in [2.24, 2.45) is 5.73 Å². The van der Waals surface area contributed by atoms with Crippen LogP contribution in [0.4, 0.5) is 0 Å². The van der Waals surface area contributed by atoms with E-state index in [0.29, 0.717) is 11.1 Å². The Kier molecular flexibility index (Phi) is 2.40. The van der Waals surface area contributed by atoms with Gasteiger partial charge in [0, 0.05) is 18.0 Å². The van der Waals surface area contributed by atoms with Gasteiger partial charge in [0.25, 0.3) is 5.91 Å². The van der Waals surface area contributed by atoms with Crippen LogP contribution in [0.2, 0.25) is 0 Å². The Bertz CT molecular complexity index is 618. The molecule has 1 amide bonds. The fraction of sp³-hybridized carbons (Fsp3) is 0. The van der Waals surface area contributed by atoms with Crippen LogP contribution < -0.4 is 5.73 Å². The molecule has 0 spiro atoms. The van der Waals surface area contributed by atoms with Crippen molar-refractivity contribution in [2.45, 2.75) is 0 Å². The van der Waals surface area contributed by atoms with E-state index in [1.165, 1.54) is 6.08 Å². The van der Waals surface area contributed by atoms with E-state index in [2.05, 4.69) is 9.97 Å². The second-order valence-corrected chi connectivity index (χ2v) is 3.18. The predicted octanol–water partition coefficient (Wildman–Crippen LogP) is 0.955. The number of rotatable bonds is 2. The third kappa shape index (κ3) is 1.64. The predicted molar refractivity (Wildman–Crippen MR) is 58.9 cm³/mol. The number of nitrogens with one attached hydrogen (secondary N) is 1. The molecule has 16 heavy (non-hydrogen) atoms. The zero-order chi connectivity index (χ0) is 11.5. The monoisotopic (exact) mass is 212 g/mol. The Morgan fingerprint density at radius 2 is 2.44 bits per heavy atom. The maximum absolute atomic E-state index is 10.9. The van der Waals surface area contributed by atoms with Crippen LogP contribution in [0.3, 0.4) is 0 Å². The van der Waals surface area contributed by atoms with Crippen LogP contribution in [0.5, 0.6) is 0 Å². The minimum Gasteiger partial charge on any atom is -0.365 e. The summed E-state index contributed by atoms with van der Waals surface area (Å²) in [6, 6.07) is 5.40. The van der Waals surface area contributed by atoms with Crippen LogP contribution in [0.1, 0.15) is 5.56 Å². The largest absolute Gasteiger partial charge is 0.365 e. The quantitative estimate of drug-likeness (QED) is 0.573. The highest BCUT2D eigenvalue weighted by atomic mass is 16.1. The van der Waals surface area contributed by atoms with Crippen LogP contribution >= 0.6 is 0 Å². The standard InChI is InChI=1S/C11H8N4O/c12-5-7(11(13)16)4-8-6-15-9-2-1-3-14-10(8)9/h1-4,6,15H,(H2,13,16)/b7-4-. The number of aromatic amines is 1. The molecular weight excluding hydrogens is 204 g/mol. The summed E-state index contributed by atoms with van der Waals surface area (Å²) in [5.41, 5.74) is 7.18. The first kappa shape index (κ1) is 9.93. The second kappa shape index (κ2) is 3.87. The molecule has 0 aromatic carbocycles. The molecule has 3 N–H and O–H groups in total. The summed E-state index contributed by atoms with van der Waals surface area (Å²) < 4.78 is 0. The maximum atomic E-state index is 10.9. The van der Waals surface area contributed by atoms with Gasteiger partial charge in [0.2, 0.25) is 0 Å². The molecule has 0 fully saturated rings. The van der Waals surface area contributed by atoms with Crippen molar-refractivity contribution in [3.05, 3.63) is 35.7 Å². The van der Waals surface area contributed by atoms with Gasteiger partial charge in [-0.3, -0.25) is 9.78 Å². The Hall–Kier alpha value is -2.61. The fourth-order valence-electron chi connectivity index (χ4n) is 1.40. The molecule has 5 heteroatoms. The molecule has 0 saturated heterocycles. The van der Waals surface area contributed by atoms with Gasteiger partial charge in [-0.05, 0) is 18.2 Å². The molecule has 2 aromatic heterocycles. The van der Waals surface area contributed by atoms with E-state index in [0.717, 1.165) is 5.52 Å². The summed E-state index contributed by atoms with van der Waals surface area (Å²) in [5.74, 6) is -0.743. The minimum atomic E-state index is -0.743.